The first-order chi connectivity index (χ1) is 7.68. The second kappa shape index (κ2) is 3.84. The van der Waals surface area contributed by atoms with Gasteiger partial charge in [0.25, 0.3) is 0 Å². The lowest BCUT2D eigenvalue weighted by Gasteiger charge is -2.27. The van der Waals surface area contributed by atoms with Gasteiger partial charge in [-0.3, -0.25) is 9.69 Å². The second-order valence-electron chi connectivity index (χ2n) is 4.94. The maximum atomic E-state index is 12.4. The number of amides is 1. The number of thioether (sulfide) groups is 1. The van der Waals surface area contributed by atoms with Gasteiger partial charge in [-0.1, -0.05) is 43.1 Å². The third-order valence-corrected chi connectivity index (χ3v) is 5.59. The molecule has 2 aliphatic carbocycles. The van der Waals surface area contributed by atoms with Gasteiger partial charge in [0.15, 0.2) is 0 Å². The molecule has 4 atom stereocenters. The molecule has 0 radical (unpaired) electrons. The number of nitrogens with zero attached hydrogens (tertiary/aromatic N) is 1. The lowest BCUT2D eigenvalue weighted by molar-refractivity contribution is -0.133. The first-order valence-corrected chi connectivity index (χ1v) is 7.24. The van der Waals surface area contributed by atoms with Crippen LogP contribution in [0.15, 0.2) is 12.2 Å². The average molecular weight is 253 g/mol. The van der Waals surface area contributed by atoms with Gasteiger partial charge in [-0.25, -0.2) is 0 Å². The second-order valence-corrected chi connectivity index (χ2v) is 6.67. The topological polar surface area (TPSA) is 20.3 Å². The molecular weight excluding hydrogens is 238 g/mol. The molecule has 0 spiro atoms. The Morgan fingerprint density at radius 1 is 1.50 bits per heavy atom. The normalized spacial score (nSPS) is 41.1. The number of rotatable bonds is 1. The molecule has 1 heterocycles. The van der Waals surface area contributed by atoms with Crippen molar-refractivity contribution in [1.82, 2.24) is 4.90 Å². The molecular formula is C12H15NOS2. The van der Waals surface area contributed by atoms with Crippen molar-refractivity contribution in [2.24, 2.45) is 23.7 Å². The van der Waals surface area contributed by atoms with E-state index in [1.807, 2.05) is 4.90 Å². The number of thiocarbonyl (C=S) groups is 1. The van der Waals surface area contributed by atoms with Crippen molar-refractivity contribution in [3.63, 3.8) is 0 Å². The summed E-state index contributed by atoms with van der Waals surface area (Å²) < 4.78 is 0.781. The van der Waals surface area contributed by atoms with Gasteiger partial charge in [0.1, 0.15) is 4.32 Å². The van der Waals surface area contributed by atoms with Crippen LogP contribution in [-0.4, -0.2) is 27.4 Å². The predicted molar refractivity (Wildman–Crippen MR) is 70.2 cm³/mol. The van der Waals surface area contributed by atoms with Crippen LogP contribution in [0.4, 0.5) is 0 Å². The molecule has 3 aliphatic rings. The van der Waals surface area contributed by atoms with Crippen LogP contribution in [0.2, 0.25) is 0 Å². The third kappa shape index (κ3) is 1.46. The van der Waals surface area contributed by atoms with E-state index in [1.54, 1.807) is 11.8 Å². The van der Waals surface area contributed by atoms with Crippen LogP contribution in [0, 0.1) is 23.7 Å². The molecule has 1 amide bonds. The summed E-state index contributed by atoms with van der Waals surface area (Å²) in [5.74, 6) is 3.03. The van der Waals surface area contributed by atoms with Crippen molar-refractivity contribution in [1.29, 1.82) is 0 Å². The van der Waals surface area contributed by atoms with E-state index in [0.717, 1.165) is 16.6 Å². The van der Waals surface area contributed by atoms with E-state index in [0.29, 0.717) is 17.8 Å². The minimum atomic E-state index is 0.187. The predicted octanol–water partition coefficient (Wildman–Crippen LogP) is 2.30. The Morgan fingerprint density at radius 2 is 2.25 bits per heavy atom. The number of fused-ring (bicyclic) bond motifs is 2. The molecule has 1 saturated heterocycles. The fourth-order valence-electron chi connectivity index (χ4n) is 3.25. The Hall–Kier alpha value is -0.350. The molecule has 2 unspecified atom stereocenters. The molecule has 0 aromatic carbocycles. The number of carbonyl (C=O) groups is 1. The molecule has 3 rings (SSSR count). The van der Waals surface area contributed by atoms with E-state index in [-0.39, 0.29) is 11.8 Å². The molecule has 0 aromatic heterocycles. The fourth-order valence-corrected chi connectivity index (χ4v) is 4.47. The summed E-state index contributed by atoms with van der Waals surface area (Å²) in [5.41, 5.74) is 0. The third-order valence-electron chi connectivity index (χ3n) is 4.16. The minimum absolute atomic E-state index is 0.187. The van der Waals surface area contributed by atoms with Crippen LogP contribution in [0.5, 0.6) is 0 Å². The highest BCUT2D eigenvalue weighted by molar-refractivity contribution is 8.23. The van der Waals surface area contributed by atoms with Gasteiger partial charge in [0.2, 0.25) is 5.91 Å². The molecule has 0 N–H and O–H groups in total. The summed E-state index contributed by atoms with van der Waals surface area (Å²) in [4.78, 5) is 14.3. The zero-order valence-electron chi connectivity index (χ0n) is 9.26. The van der Waals surface area contributed by atoms with Crippen molar-refractivity contribution in [3.8, 4) is 0 Å². The van der Waals surface area contributed by atoms with Gasteiger partial charge >= 0.3 is 0 Å². The molecule has 0 aromatic rings. The summed E-state index contributed by atoms with van der Waals surface area (Å²) in [6, 6.07) is 0. The molecule has 1 saturated carbocycles. The lowest BCUT2D eigenvalue weighted by Crippen LogP contribution is -2.40. The van der Waals surface area contributed by atoms with E-state index >= 15 is 0 Å². The highest BCUT2D eigenvalue weighted by Crippen LogP contribution is 2.48. The maximum absolute atomic E-state index is 12.4. The summed E-state index contributed by atoms with van der Waals surface area (Å²) in [6.45, 7) is 3.02. The van der Waals surface area contributed by atoms with Crippen molar-refractivity contribution in [2.45, 2.75) is 13.3 Å². The summed E-state index contributed by atoms with van der Waals surface area (Å²) in [5, 5.41) is 0. The van der Waals surface area contributed by atoms with Crippen molar-refractivity contribution in [2.75, 3.05) is 12.3 Å². The monoisotopic (exact) mass is 253 g/mol. The summed E-state index contributed by atoms with van der Waals surface area (Å²) in [6.07, 6.45) is 5.70. The van der Waals surface area contributed by atoms with Gasteiger partial charge < -0.3 is 0 Å². The molecule has 2 fully saturated rings. The minimum Gasteiger partial charge on any atom is -0.297 e. The first kappa shape index (κ1) is 10.8. The quantitative estimate of drug-likeness (QED) is 0.528. The fraction of sp³-hybridized carbons (Fsp3) is 0.667. The van der Waals surface area contributed by atoms with Crippen LogP contribution in [0.3, 0.4) is 0 Å². The molecule has 2 nitrogen and oxygen atoms in total. The molecule has 4 heteroatoms. The van der Waals surface area contributed by atoms with Gasteiger partial charge in [0.05, 0.1) is 0 Å². The van der Waals surface area contributed by atoms with Crippen LogP contribution in [0.25, 0.3) is 0 Å². The Labute approximate surface area is 105 Å². The summed E-state index contributed by atoms with van der Waals surface area (Å²) in [7, 11) is 0. The Balaban J connectivity index is 1.81. The smallest absolute Gasteiger partial charge is 0.232 e. The summed E-state index contributed by atoms with van der Waals surface area (Å²) >= 11 is 6.86. The van der Waals surface area contributed by atoms with E-state index in [9.17, 15) is 4.79 Å². The Kier molecular flexibility index (Phi) is 2.59. The molecule has 1 aliphatic heterocycles. The SMILES string of the molecule is C[C@@H]1C2C=CC(C2)[C@@H]1C(=O)N1CCSC1=S. The Morgan fingerprint density at radius 3 is 2.81 bits per heavy atom. The average Bonchev–Trinajstić information content (AvgIpc) is 2.92. The van der Waals surface area contributed by atoms with Crippen LogP contribution < -0.4 is 0 Å². The molecule has 86 valence electrons. The highest BCUT2D eigenvalue weighted by Gasteiger charge is 2.47. The standard InChI is InChI=1S/C12H15NOS2/c1-7-8-2-3-9(6-8)10(7)11(14)13-4-5-16-12(13)15/h2-3,7-10H,4-6H2,1H3/t7-,8?,9?,10-/m1/s1. The number of hydrogen-bond donors (Lipinski definition) is 0. The maximum Gasteiger partial charge on any atom is 0.232 e. The number of hydrogen-bond acceptors (Lipinski definition) is 3. The van der Waals surface area contributed by atoms with E-state index in [4.69, 9.17) is 12.2 Å². The first-order valence-electron chi connectivity index (χ1n) is 5.85. The number of allylic oxidation sites excluding steroid dienone is 2. The van der Waals surface area contributed by atoms with Gasteiger partial charge in [-0.2, -0.15) is 0 Å². The van der Waals surface area contributed by atoms with Crippen molar-refractivity contribution < 1.29 is 4.79 Å². The number of carbonyl (C=O) groups excluding carboxylic acids is 1. The van der Waals surface area contributed by atoms with E-state index in [1.165, 1.54) is 6.42 Å². The van der Waals surface area contributed by atoms with E-state index < -0.39 is 0 Å². The highest BCUT2D eigenvalue weighted by atomic mass is 32.2. The largest absolute Gasteiger partial charge is 0.297 e. The van der Waals surface area contributed by atoms with E-state index in [2.05, 4.69) is 19.1 Å². The van der Waals surface area contributed by atoms with Crippen molar-refractivity contribution >= 4 is 34.2 Å². The zero-order chi connectivity index (χ0) is 11.3. The lowest BCUT2D eigenvalue weighted by atomic mass is 9.83. The molecule has 16 heavy (non-hydrogen) atoms. The molecule has 2 bridgehead atoms. The zero-order valence-corrected chi connectivity index (χ0v) is 10.9. The van der Waals surface area contributed by atoms with Crippen LogP contribution in [-0.2, 0) is 4.79 Å². The van der Waals surface area contributed by atoms with Gasteiger partial charge in [-0.05, 0) is 24.2 Å². The van der Waals surface area contributed by atoms with Crippen LogP contribution in [0.1, 0.15) is 13.3 Å². The van der Waals surface area contributed by atoms with Crippen molar-refractivity contribution in [3.05, 3.63) is 12.2 Å². The van der Waals surface area contributed by atoms with Gasteiger partial charge in [-0.15, -0.1) is 0 Å². The van der Waals surface area contributed by atoms with Crippen LogP contribution >= 0.6 is 24.0 Å². The van der Waals surface area contributed by atoms with Gasteiger partial charge in [0, 0.05) is 18.2 Å². The Bertz CT molecular complexity index is 379.